The maximum Gasteiger partial charge on any atom is 0.161 e. The van der Waals surface area contributed by atoms with Gasteiger partial charge in [0.1, 0.15) is 6.17 Å². The first-order chi connectivity index (χ1) is 11.7. The molecule has 1 unspecified atom stereocenters. The van der Waals surface area contributed by atoms with Gasteiger partial charge in [-0.3, -0.25) is 5.32 Å². The Labute approximate surface area is 143 Å². The molecule has 1 aliphatic heterocycles. The van der Waals surface area contributed by atoms with E-state index < -0.39 is 0 Å². The Morgan fingerprint density at radius 3 is 2.96 bits per heavy atom. The van der Waals surface area contributed by atoms with Crippen molar-refractivity contribution in [1.82, 2.24) is 5.32 Å². The molecular formula is C20H24N2O2. The van der Waals surface area contributed by atoms with E-state index in [1.54, 1.807) is 6.07 Å². The molecule has 0 aliphatic carbocycles. The third-order valence-electron chi connectivity index (χ3n) is 4.25. The number of phenolic OH excluding ortho intramolecular Hbond substituents is 1. The average molecular weight is 324 g/mol. The van der Waals surface area contributed by atoms with E-state index >= 15 is 0 Å². The predicted molar refractivity (Wildman–Crippen MR) is 97.4 cm³/mol. The van der Waals surface area contributed by atoms with E-state index in [4.69, 9.17) is 4.74 Å². The van der Waals surface area contributed by atoms with E-state index in [-0.39, 0.29) is 11.9 Å². The van der Waals surface area contributed by atoms with Crippen molar-refractivity contribution in [2.45, 2.75) is 33.0 Å². The van der Waals surface area contributed by atoms with Crippen LogP contribution in [0.2, 0.25) is 0 Å². The second-order valence-electron chi connectivity index (χ2n) is 5.83. The van der Waals surface area contributed by atoms with Crippen LogP contribution in [0.5, 0.6) is 11.5 Å². The van der Waals surface area contributed by atoms with Crippen LogP contribution in [0.15, 0.2) is 48.6 Å². The summed E-state index contributed by atoms with van der Waals surface area (Å²) in [6.07, 6.45) is 5.20. The summed E-state index contributed by atoms with van der Waals surface area (Å²) in [4.78, 5) is 0. The molecule has 1 atom stereocenters. The van der Waals surface area contributed by atoms with Gasteiger partial charge in [0.25, 0.3) is 0 Å². The molecule has 126 valence electrons. The molecule has 0 bridgehead atoms. The summed E-state index contributed by atoms with van der Waals surface area (Å²) in [5.41, 5.74) is 4.85. The lowest BCUT2D eigenvalue weighted by Gasteiger charge is -2.30. The van der Waals surface area contributed by atoms with Crippen LogP contribution >= 0.6 is 0 Å². The number of phenols is 1. The smallest absolute Gasteiger partial charge is 0.161 e. The normalized spacial score (nSPS) is 16.7. The number of hydrogen-bond acceptors (Lipinski definition) is 4. The molecule has 0 radical (unpaired) electrons. The summed E-state index contributed by atoms with van der Waals surface area (Å²) in [5.74, 6) is 0.691. The zero-order valence-corrected chi connectivity index (χ0v) is 14.2. The summed E-state index contributed by atoms with van der Waals surface area (Å²) in [7, 11) is 0. The number of ether oxygens (including phenoxy) is 1. The van der Waals surface area contributed by atoms with Crippen molar-refractivity contribution < 1.29 is 9.84 Å². The highest BCUT2D eigenvalue weighted by atomic mass is 16.5. The minimum atomic E-state index is -0.00530. The first-order valence-corrected chi connectivity index (χ1v) is 8.40. The van der Waals surface area contributed by atoms with Crippen LogP contribution in [0.1, 0.15) is 36.7 Å². The van der Waals surface area contributed by atoms with E-state index in [2.05, 4.69) is 41.0 Å². The van der Waals surface area contributed by atoms with Crippen LogP contribution in [0.3, 0.4) is 0 Å². The number of hydrogen-bond donors (Lipinski definition) is 3. The highest BCUT2D eigenvalue weighted by Gasteiger charge is 2.21. The third kappa shape index (κ3) is 3.39. The van der Waals surface area contributed by atoms with Crippen molar-refractivity contribution >= 4 is 5.69 Å². The SMILES string of the molecule is C/C=C\Cc1cccc2c1CNC(c1ccc(O)c(OCC)c1)N2. The van der Waals surface area contributed by atoms with Gasteiger partial charge in [0.2, 0.25) is 0 Å². The lowest BCUT2D eigenvalue weighted by molar-refractivity contribution is 0.317. The van der Waals surface area contributed by atoms with E-state index in [0.717, 1.165) is 24.2 Å². The maximum atomic E-state index is 9.87. The Bertz CT molecular complexity index is 740. The summed E-state index contributed by atoms with van der Waals surface area (Å²) in [6, 6.07) is 11.9. The van der Waals surface area contributed by atoms with E-state index in [1.165, 1.54) is 11.1 Å². The van der Waals surface area contributed by atoms with Crippen LogP contribution in [-0.4, -0.2) is 11.7 Å². The summed E-state index contributed by atoms with van der Waals surface area (Å²) >= 11 is 0. The second-order valence-corrected chi connectivity index (χ2v) is 5.83. The molecule has 1 heterocycles. The molecule has 0 fully saturated rings. The standard InChI is InChI=1S/C20H24N2O2/c1-3-5-7-14-8-6-9-17-16(14)13-21-20(22-17)15-10-11-18(23)19(12-15)24-4-2/h3,5-6,8-12,20-23H,4,7,13H2,1-2H3/b5-3-. The molecular weight excluding hydrogens is 300 g/mol. The molecule has 0 spiro atoms. The molecule has 2 aromatic rings. The highest BCUT2D eigenvalue weighted by Crippen LogP contribution is 2.33. The van der Waals surface area contributed by atoms with E-state index in [9.17, 15) is 5.11 Å². The average Bonchev–Trinajstić information content (AvgIpc) is 2.61. The lowest BCUT2D eigenvalue weighted by Crippen LogP contribution is -2.33. The molecule has 2 aromatic carbocycles. The lowest BCUT2D eigenvalue weighted by atomic mass is 9.99. The molecule has 0 saturated heterocycles. The number of allylic oxidation sites excluding steroid dienone is 2. The van der Waals surface area contributed by atoms with Crippen LogP contribution in [0, 0.1) is 0 Å². The van der Waals surface area contributed by atoms with Gasteiger partial charge in [-0.2, -0.15) is 0 Å². The second kappa shape index (κ2) is 7.41. The minimum absolute atomic E-state index is 0.00530. The van der Waals surface area contributed by atoms with Crippen LogP contribution in [0.4, 0.5) is 5.69 Å². The van der Waals surface area contributed by atoms with Crippen LogP contribution in [0.25, 0.3) is 0 Å². The Morgan fingerprint density at radius 1 is 1.29 bits per heavy atom. The van der Waals surface area contributed by atoms with Gasteiger partial charge in [-0.15, -0.1) is 0 Å². The number of fused-ring (bicyclic) bond motifs is 1. The first kappa shape index (κ1) is 16.4. The Morgan fingerprint density at radius 2 is 2.17 bits per heavy atom. The number of anilines is 1. The van der Waals surface area contributed by atoms with Gasteiger partial charge in [-0.1, -0.05) is 30.4 Å². The van der Waals surface area contributed by atoms with Crippen LogP contribution < -0.4 is 15.4 Å². The Hall–Kier alpha value is -2.46. The molecule has 4 nitrogen and oxygen atoms in total. The number of rotatable bonds is 5. The number of aromatic hydroxyl groups is 1. The van der Waals surface area contributed by atoms with Crippen molar-refractivity contribution in [2.75, 3.05) is 11.9 Å². The van der Waals surface area contributed by atoms with E-state index in [0.29, 0.717) is 12.4 Å². The fourth-order valence-corrected chi connectivity index (χ4v) is 3.01. The van der Waals surface area contributed by atoms with Gasteiger partial charge in [-0.25, -0.2) is 0 Å². The maximum absolute atomic E-state index is 9.87. The van der Waals surface area contributed by atoms with Gasteiger partial charge in [0.15, 0.2) is 11.5 Å². The van der Waals surface area contributed by atoms with Gasteiger partial charge in [0, 0.05) is 12.2 Å². The highest BCUT2D eigenvalue weighted by molar-refractivity contribution is 5.58. The summed E-state index contributed by atoms with van der Waals surface area (Å²) in [5, 5.41) is 16.9. The molecule has 1 aliphatic rings. The quantitative estimate of drug-likeness (QED) is 0.724. The predicted octanol–water partition coefficient (Wildman–Crippen LogP) is 4.12. The fourth-order valence-electron chi connectivity index (χ4n) is 3.01. The van der Waals surface area contributed by atoms with E-state index in [1.807, 2.05) is 26.0 Å². The fraction of sp³-hybridized carbons (Fsp3) is 0.300. The summed E-state index contributed by atoms with van der Waals surface area (Å²) in [6.45, 7) is 5.29. The van der Waals surface area contributed by atoms with Gasteiger partial charge >= 0.3 is 0 Å². The molecule has 3 N–H and O–H groups in total. The monoisotopic (exact) mass is 324 g/mol. The third-order valence-corrected chi connectivity index (χ3v) is 4.25. The van der Waals surface area contributed by atoms with Gasteiger partial charge in [0.05, 0.1) is 6.61 Å². The first-order valence-electron chi connectivity index (χ1n) is 8.40. The van der Waals surface area contributed by atoms with Crippen molar-refractivity contribution in [3.8, 4) is 11.5 Å². The largest absolute Gasteiger partial charge is 0.504 e. The Kier molecular flexibility index (Phi) is 5.06. The summed E-state index contributed by atoms with van der Waals surface area (Å²) < 4.78 is 5.49. The number of benzene rings is 2. The van der Waals surface area contributed by atoms with Gasteiger partial charge in [-0.05, 0) is 55.2 Å². The number of nitrogens with one attached hydrogen (secondary N) is 2. The van der Waals surface area contributed by atoms with Crippen molar-refractivity contribution in [1.29, 1.82) is 0 Å². The van der Waals surface area contributed by atoms with Crippen molar-refractivity contribution in [3.05, 3.63) is 65.2 Å². The zero-order valence-electron chi connectivity index (χ0n) is 14.2. The zero-order chi connectivity index (χ0) is 16.9. The molecule has 0 aromatic heterocycles. The molecule has 4 heteroatoms. The Balaban J connectivity index is 1.84. The topological polar surface area (TPSA) is 53.5 Å². The minimum Gasteiger partial charge on any atom is -0.504 e. The van der Waals surface area contributed by atoms with Crippen molar-refractivity contribution in [2.24, 2.45) is 0 Å². The van der Waals surface area contributed by atoms with Crippen LogP contribution in [-0.2, 0) is 13.0 Å². The molecule has 0 saturated carbocycles. The molecule has 0 amide bonds. The van der Waals surface area contributed by atoms with Crippen molar-refractivity contribution in [3.63, 3.8) is 0 Å². The van der Waals surface area contributed by atoms with Gasteiger partial charge < -0.3 is 15.2 Å². The molecule has 24 heavy (non-hydrogen) atoms. The molecule has 3 rings (SSSR count).